The summed E-state index contributed by atoms with van der Waals surface area (Å²) in [5, 5.41) is 19.3. The van der Waals surface area contributed by atoms with Crippen LogP contribution in [0.3, 0.4) is 0 Å². The van der Waals surface area contributed by atoms with E-state index >= 15 is 0 Å². The van der Waals surface area contributed by atoms with Crippen molar-refractivity contribution in [2.75, 3.05) is 13.2 Å². The molecule has 0 aromatic heterocycles. The van der Waals surface area contributed by atoms with Crippen molar-refractivity contribution in [3.8, 4) is 6.07 Å². The van der Waals surface area contributed by atoms with Crippen LogP contribution >= 0.6 is 11.6 Å². The molecule has 1 unspecified atom stereocenters. The molecule has 1 aliphatic rings. The van der Waals surface area contributed by atoms with Gasteiger partial charge in [-0.2, -0.15) is 5.26 Å². The second kappa shape index (κ2) is 8.48. The zero-order valence-electron chi connectivity index (χ0n) is 15.8. The minimum Gasteiger partial charge on any atom is -0.396 e. The molecule has 0 saturated carbocycles. The standard InChI is InChI=1S/C24H20ClN3O/c25-20-11-12-22-21(15-20)23(18-5-2-1-3-6-18)28(13-4-14-29)24(27-22)19-9-7-17(16-26)8-10-19/h1-3,5-12,15,23,29H,4,13-14H2. The van der Waals surface area contributed by atoms with Crippen LogP contribution < -0.4 is 0 Å². The lowest BCUT2D eigenvalue weighted by Crippen LogP contribution is -2.39. The molecule has 1 atom stereocenters. The number of rotatable bonds is 5. The highest BCUT2D eigenvalue weighted by atomic mass is 35.5. The van der Waals surface area contributed by atoms with E-state index in [9.17, 15) is 5.11 Å². The first-order valence-electron chi connectivity index (χ1n) is 9.52. The summed E-state index contributed by atoms with van der Waals surface area (Å²) in [6.45, 7) is 0.738. The maximum Gasteiger partial charge on any atom is 0.137 e. The lowest BCUT2D eigenvalue weighted by atomic mass is 9.92. The maximum atomic E-state index is 9.49. The van der Waals surface area contributed by atoms with Crippen molar-refractivity contribution in [3.63, 3.8) is 0 Å². The minimum atomic E-state index is -0.0698. The van der Waals surface area contributed by atoms with Crippen LogP contribution in [0, 0.1) is 11.3 Å². The van der Waals surface area contributed by atoms with E-state index in [4.69, 9.17) is 21.9 Å². The third kappa shape index (κ3) is 3.88. The Labute approximate surface area is 175 Å². The van der Waals surface area contributed by atoms with Crippen molar-refractivity contribution in [1.29, 1.82) is 5.26 Å². The molecule has 5 heteroatoms. The predicted octanol–water partition coefficient (Wildman–Crippen LogP) is 5.08. The number of nitriles is 1. The van der Waals surface area contributed by atoms with Crippen molar-refractivity contribution < 1.29 is 5.11 Å². The molecular weight excluding hydrogens is 382 g/mol. The van der Waals surface area contributed by atoms with E-state index in [1.807, 2.05) is 48.5 Å². The summed E-state index contributed by atoms with van der Waals surface area (Å²) in [4.78, 5) is 7.16. The fourth-order valence-corrected chi connectivity index (χ4v) is 3.89. The normalized spacial score (nSPS) is 15.4. The highest BCUT2D eigenvalue weighted by Gasteiger charge is 2.31. The van der Waals surface area contributed by atoms with Crippen molar-refractivity contribution in [2.24, 2.45) is 4.99 Å². The molecule has 1 N–H and O–H groups in total. The van der Waals surface area contributed by atoms with Crippen LogP contribution in [0.5, 0.6) is 0 Å². The fourth-order valence-electron chi connectivity index (χ4n) is 3.71. The van der Waals surface area contributed by atoms with Crippen LogP contribution in [0.1, 0.15) is 34.7 Å². The number of aliphatic hydroxyl groups excluding tert-OH is 1. The van der Waals surface area contributed by atoms with Gasteiger partial charge in [0, 0.05) is 29.3 Å². The van der Waals surface area contributed by atoms with Gasteiger partial charge in [0.1, 0.15) is 5.84 Å². The molecule has 29 heavy (non-hydrogen) atoms. The molecule has 0 radical (unpaired) electrons. The van der Waals surface area contributed by atoms with E-state index < -0.39 is 0 Å². The van der Waals surface area contributed by atoms with E-state index in [-0.39, 0.29) is 12.6 Å². The highest BCUT2D eigenvalue weighted by molar-refractivity contribution is 6.30. The number of aliphatic hydroxyl groups is 1. The molecule has 4 nitrogen and oxygen atoms in total. The number of hydrogen-bond acceptors (Lipinski definition) is 4. The number of amidine groups is 1. The molecule has 0 bridgehead atoms. The van der Waals surface area contributed by atoms with Gasteiger partial charge in [0.2, 0.25) is 0 Å². The van der Waals surface area contributed by atoms with Crippen LogP contribution in [0.25, 0.3) is 0 Å². The number of aliphatic imine (C=N–C) groups is 1. The Balaban J connectivity index is 1.90. The van der Waals surface area contributed by atoms with Gasteiger partial charge in [-0.3, -0.25) is 0 Å². The van der Waals surface area contributed by atoms with Gasteiger partial charge < -0.3 is 10.0 Å². The van der Waals surface area contributed by atoms with Crippen LogP contribution in [-0.2, 0) is 0 Å². The predicted molar refractivity (Wildman–Crippen MR) is 115 cm³/mol. The zero-order chi connectivity index (χ0) is 20.2. The van der Waals surface area contributed by atoms with Gasteiger partial charge in [0.05, 0.1) is 23.4 Å². The molecule has 144 valence electrons. The van der Waals surface area contributed by atoms with Gasteiger partial charge >= 0.3 is 0 Å². The number of hydrogen-bond donors (Lipinski definition) is 1. The Kier molecular flexibility index (Phi) is 5.62. The lowest BCUT2D eigenvalue weighted by molar-refractivity contribution is 0.254. The van der Waals surface area contributed by atoms with Gasteiger partial charge in [0.15, 0.2) is 0 Å². The first kappa shape index (κ1) is 19.2. The number of halogens is 1. The first-order valence-corrected chi connectivity index (χ1v) is 9.90. The molecule has 3 aromatic rings. The second-order valence-corrected chi connectivity index (χ2v) is 7.35. The van der Waals surface area contributed by atoms with Crippen LogP contribution in [0.2, 0.25) is 5.02 Å². The third-order valence-corrected chi connectivity index (χ3v) is 5.27. The Hall–Kier alpha value is -3.13. The van der Waals surface area contributed by atoms with Crippen molar-refractivity contribution >= 4 is 23.1 Å². The Morgan fingerprint density at radius 1 is 1.03 bits per heavy atom. The molecule has 0 fully saturated rings. The molecule has 3 aromatic carbocycles. The fraction of sp³-hybridized carbons (Fsp3) is 0.167. The summed E-state index contributed by atoms with van der Waals surface area (Å²) in [5.41, 5.74) is 4.60. The van der Waals surface area contributed by atoms with Crippen molar-refractivity contribution in [3.05, 3.63) is 100 Å². The van der Waals surface area contributed by atoms with Crippen molar-refractivity contribution in [2.45, 2.75) is 12.5 Å². The molecule has 1 heterocycles. The van der Waals surface area contributed by atoms with Gasteiger partial charge in [0.25, 0.3) is 0 Å². The van der Waals surface area contributed by atoms with Crippen molar-refractivity contribution in [1.82, 2.24) is 4.90 Å². The summed E-state index contributed by atoms with van der Waals surface area (Å²) in [6, 6.07) is 25.6. The van der Waals surface area contributed by atoms with Gasteiger partial charge in [-0.05, 0) is 54.4 Å². The van der Waals surface area contributed by atoms with E-state index in [1.165, 1.54) is 0 Å². The largest absolute Gasteiger partial charge is 0.396 e. The molecule has 0 saturated heterocycles. The quantitative estimate of drug-likeness (QED) is 0.648. The summed E-state index contributed by atoms with van der Waals surface area (Å²) in [6.07, 6.45) is 0.620. The minimum absolute atomic E-state index is 0.0698. The SMILES string of the molecule is N#Cc1ccc(C2=Nc3ccc(Cl)cc3C(c3ccccc3)N2CCCO)cc1. The second-order valence-electron chi connectivity index (χ2n) is 6.91. The molecule has 4 rings (SSSR count). The molecule has 1 aliphatic heterocycles. The summed E-state index contributed by atoms with van der Waals surface area (Å²) < 4.78 is 0. The number of benzene rings is 3. The Bertz CT molecular complexity index is 1070. The molecule has 0 aliphatic carbocycles. The van der Waals surface area contributed by atoms with E-state index in [2.05, 4.69) is 23.1 Å². The average Bonchev–Trinajstić information content (AvgIpc) is 2.77. The molecule has 0 spiro atoms. The number of fused-ring (bicyclic) bond motifs is 1. The average molecular weight is 402 g/mol. The Morgan fingerprint density at radius 3 is 2.48 bits per heavy atom. The lowest BCUT2D eigenvalue weighted by Gasteiger charge is -2.39. The third-order valence-electron chi connectivity index (χ3n) is 5.04. The van der Waals surface area contributed by atoms with E-state index in [0.29, 0.717) is 23.6 Å². The first-order chi connectivity index (χ1) is 14.2. The summed E-state index contributed by atoms with van der Waals surface area (Å²) in [5.74, 6) is 0.826. The number of nitrogens with zero attached hydrogens (tertiary/aromatic N) is 3. The molecule has 0 amide bonds. The van der Waals surface area contributed by atoms with Gasteiger partial charge in [-0.1, -0.05) is 41.9 Å². The van der Waals surface area contributed by atoms with Crippen LogP contribution in [0.4, 0.5) is 5.69 Å². The monoisotopic (exact) mass is 401 g/mol. The zero-order valence-corrected chi connectivity index (χ0v) is 16.5. The Morgan fingerprint density at radius 2 is 1.79 bits per heavy atom. The van der Waals surface area contributed by atoms with Gasteiger partial charge in [-0.25, -0.2) is 4.99 Å². The van der Waals surface area contributed by atoms with Crippen LogP contribution in [0.15, 0.2) is 77.8 Å². The smallest absolute Gasteiger partial charge is 0.137 e. The maximum absolute atomic E-state index is 9.49. The van der Waals surface area contributed by atoms with E-state index in [1.54, 1.807) is 12.1 Å². The van der Waals surface area contributed by atoms with Gasteiger partial charge in [-0.15, -0.1) is 0 Å². The highest BCUT2D eigenvalue weighted by Crippen LogP contribution is 2.41. The summed E-state index contributed by atoms with van der Waals surface area (Å²) >= 11 is 6.33. The van der Waals surface area contributed by atoms with E-state index in [0.717, 1.165) is 28.2 Å². The molecular formula is C24H20ClN3O. The summed E-state index contributed by atoms with van der Waals surface area (Å²) in [7, 11) is 0. The topological polar surface area (TPSA) is 59.6 Å². The van der Waals surface area contributed by atoms with Crippen LogP contribution in [-0.4, -0.2) is 29.0 Å².